The molecule has 1 aliphatic carbocycles. The van der Waals surface area contributed by atoms with Crippen LogP contribution in [-0.2, 0) is 22.6 Å². The summed E-state index contributed by atoms with van der Waals surface area (Å²) in [6, 6.07) is 7.61. The van der Waals surface area contributed by atoms with Gasteiger partial charge in [-0.25, -0.2) is 0 Å². The lowest BCUT2D eigenvalue weighted by Gasteiger charge is -2.24. The van der Waals surface area contributed by atoms with Crippen LogP contribution in [0.3, 0.4) is 0 Å². The monoisotopic (exact) mass is 274 g/mol. The normalized spacial score (nSPS) is 21.9. The van der Waals surface area contributed by atoms with Crippen molar-refractivity contribution in [2.75, 3.05) is 6.61 Å². The minimum atomic E-state index is -0.798. The van der Waals surface area contributed by atoms with E-state index in [4.69, 9.17) is 9.84 Å². The van der Waals surface area contributed by atoms with Crippen LogP contribution in [0.1, 0.15) is 30.9 Å². The maximum Gasteiger partial charge on any atom is 0.307 e. The predicted octanol–water partition coefficient (Wildman–Crippen LogP) is 3.43. The lowest BCUT2D eigenvalue weighted by molar-refractivity contribution is -0.136. The van der Waals surface area contributed by atoms with E-state index >= 15 is 0 Å². The highest BCUT2D eigenvalue weighted by Crippen LogP contribution is 2.25. The predicted molar refractivity (Wildman–Crippen MR) is 78.5 cm³/mol. The largest absolute Gasteiger partial charge is 0.481 e. The first kappa shape index (κ1) is 14.8. The van der Waals surface area contributed by atoms with E-state index in [1.807, 2.05) is 24.3 Å². The summed E-state index contributed by atoms with van der Waals surface area (Å²) in [5.74, 6) is 0.512. The minimum absolute atomic E-state index is 0.0764. The van der Waals surface area contributed by atoms with E-state index in [-0.39, 0.29) is 6.42 Å². The van der Waals surface area contributed by atoms with E-state index in [2.05, 4.69) is 19.1 Å². The van der Waals surface area contributed by atoms with Crippen molar-refractivity contribution in [1.82, 2.24) is 0 Å². The number of benzene rings is 1. The van der Waals surface area contributed by atoms with Crippen molar-refractivity contribution in [2.24, 2.45) is 11.8 Å². The van der Waals surface area contributed by atoms with Gasteiger partial charge in [0.15, 0.2) is 0 Å². The van der Waals surface area contributed by atoms with Crippen LogP contribution in [0.25, 0.3) is 0 Å². The SMILES string of the molecule is CC1CC=CCC1COCc1ccc(CC(=O)O)cc1. The molecule has 108 valence electrons. The van der Waals surface area contributed by atoms with Crippen molar-refractivity contribution in [1.29, 1.82) is 0 Å². The van der Waals surface area contributed by atoms with Crippen LogP contribution < -0.4 is 0 Å². The second-order valence-corrected chi connectivity index (χ2v) is 5.58. The number of carboxylic acids is 1. The second-order valence-electron chi connectivity index (χ2n) is 5.58. The highest BCUT2D eigenvalue weighted by molar-refractivity contribution is 5.70. The summed E-state index contributed by atoms with van der Waals surface area (Å²) in [5.41, 5.74) is 1.92. The smallest absolute Gasteiger partial charge is 0.307 e. The summed E-state index contributed by atoms with van der Waals surface area (Å²) < 4.78 is 5.80. The number of allylic oxidation sites excluding steroid dienone is 2. The molecule has 0 heterocycles. The molecule has 1 N–H and O–H groups in total. The molecule has 2 atom stereocenters. The number of carbonyl (C=O) groups is 1. The summed E-state index contributed by atoms with van der Waals surface area (Å²) in [6.45, 7) is 3.67. The van der Waals surface area contributed by atoms with Gasteiger partial charge in [0.25, 0.3) is 0 Å². The Hall–Kier alpha value is -1.61. The molecule has 1 aromatic carbocycles. The molecular weight excluding hydrogens is 252 g/mol. The van der Waals surface area contributed by atoms with Crippen molar-refractivity contribution in [3.05, 3.63) is 47.5 Å². The molecule has 0 amide bonds. The zero-order chi connectivity index (χ0) is 14.4. The molecule has 0 saturated carbocycles. The van der Waals surface area contributed by atoms with Gasteiger partial charge >= 0.3 is 5.97 Å². The van der Waals surface area contributed by atoms with Crippen molar-refractivity contribution in [3.63, 3.8) is 0 Å². The van der Waals surface area contributed by atoms with Gasteiger partial charge in [-0.05, 0) is 35.8 Å². The Kier molecular flexibility index (Phi) is 5.36. The average Bonchev–Trinajstić information content (AvgIpc) is 2.42. The van der Waals surface area contributed by atoms with Gasteiger partial charge in [0.1, 0.15) is 0 Å². The molecule has 0 aliphatic heterocycles. The highest BCUT2D eigenvalue weighted by atomic mass is 16.5. The van der Waals surface area contributed by atoms with Gasteiger partial charge in [0.05, 0.1) is 19.6 Å². The topological polar surface area (TPSA) is 46.5 Å². The van der Waals surface area contributed by atoms with Crippen molar-refractivity contribution >= 4 is 5.97 Å². The molecule has 2 rings (SSSR count). The van der Waals surface area contributed by atoms with E-state index in [0.717, 1.165) is 30.6 Å². The summed E-state index contributed by atoms with van der Waals surface area (Å²) in [4.78, 5) is 10.6. The number of carboxylic acid groups (broad SMARTS) is 1. The molecule has 3 heteroatoms. The summed E-state index contributed by atoms with van der Waals surface area (Å²) in [6.07, 6.45) is 6.83. The van der Waals surface area contributed by atoms with Crippen molar-refractivity contribution < 1.29 is 14.6 Å². The quantitative estimate of drug-likeness (QED) is 0.808. The highest BCUT2D eigenvalue weighted by Gasteiger charge is 2.18. The van der Waals surface area contributed by atoms with Crippen LogP contribution in [0.5, 0.6) is 0 Å². The molecule has 2 unspecified atom stereocenters. The third-order valence-corrected chi connectivity index (χ3v) is 3.90. The Morgan fingerprint density at radius 2 is 1.85 bits per heavy atom. The maximum absolute atomic E-state index is 10.6. The van der Waals surface area contributed by atoms with Crippen LogP contribution in [0.4, 0.5) is 0 Å². The number of hydrogen-bond donors (Lipinski definition) is 1. The van der Waals surface area contributed by atoms with Crippen LogP contribution >= 0.6 is 0 Å². The van der Waals surface area contributed by atoms with Gasteiger partial charge in [-0.1, -0.05) is 43.3 Å². The fraction of sp³-hybridized carbons (Fsp3) is 0.471. The summed E-state index contributed by atoms with van der Waals surface area (Å²) in [5, 5.41) is 8.72. The number of aliphatic carboxylic acids is 1. The molecule has 0 aromatic heterocycles. The van der Waals surface area contributed by atoms with Crippen LogP contribution in [0.2, 0.25) is 0 Å². The third-order valence-electron chi connectivity index (χ3n) is 3.90. The first-order valence-electron chi connectivity index (χ1n) is 7.17. The lowest BCUT2D eigenvalue weighted by atomic mass is 9.85. The van der Waals surface area contributed by atoms with Crippen molar-refractivity contribution in [3.8, 4) is 0 Å². The zero-order valence-electron chi connectivity index (χ0n) is 11.9. The fourth-order valence-corrected chi connectivity index (χ4v) is 2.50. The number of ether oxygens (including phenoxy) is 1. The Bertz CT molecular complexity index is 462. The summed E-state index contributed by atoms with van der Waals surface area (Å²) >= 11 is 0. The van der Waals surface area contributed by atoms with Gasteiger partial charge < -0.3 is 9.84 Å². The van der Waals surface area contributed by atoms with Crippen LogP contribution in [0.15, 0.2) is 36.4 Å². The van der Waals surface area contributed by atoms with E-state index in [0.29, 0.717) is 18.4 Å². The Labute approximate surface area is 120 Å². The third kappa shape index (κ3) is 4.49. The zero-order valence-corrected chi connectivity index (χ0v) is 11.9. The molecule has 20 heavy (non-hydrogen) atoms. The van der Waals surface area contributed by atoms with E-state index < -0.39 is 5.97 Å². The Morgan fingerprint density at radius 3 is 2.50 bits per heavy atom. The molecule has 3 nitrogen and oxygen atoms in total. The van der Waals surface area contributed by atoms with E-state index in [9.17, 15) is 4.79 Å². The van der Waals surface area contributed by atoms with Crippen LogP contribution in [-0.4, -0.2) is 17.7 Å². The maximum atomic E-state index is 10.6. The molecule has 0 bridgehead atoms. The molecular formula is C17H22O3. The average molecular weight is 274 g/mol. The first-order valence-corrected chi connectivity index (χ1v) is 7.17. The molecule has 1 aromatic rings. The lowest BCUT2D eigenvalue weighted by Crippen LogP contribution is -2.19. The first-order chi connectivity index (χ1) is 9.65. The summed E-state index contributed by atoms with van der Waals surface area (Å²) in [7, 11) is 0. The second kappa shape index (κ2) is 7.25. The van der Waals surface area contributed by atoms with Crippen LogP contribution in [0, 0.1) is 11.8 Å². The minimum Gasteiger partial charge on any atom is -0.481 e. The van der Waals surface area contributed by atoms with Gasteiger partial charge in [-0.2, -0.15) is 0 Å². The van der Waals surface area contributed by atoms with Gasteiger partial charge in [-0.15, -0.1) is 0 Å². The van der Waals surface area contributed by atoms with Gasteiger partial charge in [-0.3, -0.25) is 4.79 Å². The number of rotatable bonds is 6. The Balaban J connectivity index is 1.76. The molecule has 0 fully saturated rings. The standard InChI is InChI=1S/C17H22O3/c1-13-4-2-3-5-16(13)12-20-11-15-8-6-14(7-9-15)10-17(18)19/h2-3,6-9,13,16H,4-5,10-12H2,1H3,(H,18,19). The van der Waals surface area contributed by atoms with Crippen molar-refractivity contribution in [2.45, 2.75) is 32.8 Å². The van der Waals surface area contributed by atoms with E-state index in [1.165, 1.54) is 0 Å². The molecule has 0 radical (unpaired) electrons. The van der Waals surface area contributed by atoms with E-state index in [1.54, 1.807) is 0 Å². The fourth-order valence-electron chi connectivity index (χ4n) is 2.50. The molecule has 0 spiro atoms. The number of hydrogen-bond acceptors (Lipinski definition) is 2. The Morgan fingerprint density at radius 1 is 1.20 bits per heavy atom. The molecule has 0 saturated heterocycles. The molecule has 1 aliphatic rings. The van der Waals surface area contributed by atoms with Gasteiger partial charge in [0, 0.05) is 0 Å². The van der Waals surface area contributed by atoms with Gasteiger partial charge in [0.2, 0.25) is 0 Å².